The van der Waals surface area contributed by atoms with E-state index in [1.807, 2.05) is 0 Å². The van der Waals surface area contributed by atoms with Crippen molar-refractivity contribution in [3.05, 3.63) is 4.91 Å². The van der Waals surface area contributed by atoms with E-state index in [-0.39, 0.29) is 0 Å². The second-order valence-corrected chi connectivity index (χ2v) is 5.65. The van der Waals surface area contributed by atoms with Crippen molar-refractivity contribution < 1.29 is 0 Å². The Bertz CT molecular complexity index is 253. The summed E-state index contributed by atoms with van der Waals surface area (Å²) < 4.78 is 0. The minimum atomic E-state index is 0.563. The molecular weight excluding hydrogens is 174 g/mol. The van der Waals surface area contributed by atoms with E-state index in [1.165, 1.54) is 38.5 Å². The van der Waals surface area contributed by atoms with E-state index in [0.29, 0.717) is 12.0 Å². The summed E-state index contributed by atoms with van der Waals surface area (Å²) in [5.74, 6) is 3.10. The van der Waals surface area contributed by atoms with Gasteiger partial charge < -0.3 is 0 Å². The summed E-state index contributed by atoms with van der Waals surface area (Å²) in [5.41, 5.74) is 0.579. The molecule has 0 radical (unpaired) electrons. The molecule has 0 heterocycles. The van der Waals surface area contributed by atoms with Gasteiger partial charge in [0.05, 0.1) is 6.54 Å². The van der Waals surface area contributed by atoms with Gasteiger partial charge >= 0.3 is 0 Å². The third-order valence-electron chi connectivity index (χ3n) is 5.45. The molecule has 0 aliphatic heterocycles. The topological polar surface area (TPSA) is 29.4 Å². The maximum atomic E-state index is 10.2. The van der Waals surface area contributed by atoms with Gasteiger partial charge in [0, 0.05) is 0 Å². The van der Waals surface area contributed by atoms with Gasteiger partial charge in [-0.05, 0) is 68.1 Å². The molecule has 3 fully saturated rings. The lowest BCUT2D eigenvalue weighted by atomic mass is 9.43. The van der Waals surface area contributed by atoms with Crippen LogP contribution in [0.2, 0.25) is 0 Å². The van der Waals surface area contributed by atoms with Crippen LogP contribution < -0.4 is 0 Å². The van der Waals surface area contributed by atoms with Gasteiger partial charge in [0.2, 0.25) is 0 Å². The Balaban J connectivity index is 1.70. The Hall–Kier alpha value is -0.400. The lowest BCUT2D eigenvalue weighted by molar-refractivity contribution is -0.123. The van der Waals surface area contributed by atoms with E-state index in [2.05, 4.69) is 5.18 Å². The summed E-state index contributed by atoms with van der Waals surface area (Å²) >= 11 is 0. The quantitative estimate of drug-likeness (QED) is 0.632. The maximum absolute atomic E-state index is 10.2. The first kappa shape index (κ1) is 8.87. The smallest absolute Gasteiger partial charge is 0.0816 e. The van der Waals surface area contributed by atoms with Crippen molar-refractivity contribution in [2.75, 3.05) is 6.54 Å². The minimum Gasteiger partial charge on any atom is -0.151 e. The predicted octanol–water partition coefficient (Wildman–Crippen LogP) is 3.36. The highest BCUT2D eigenvalue weighted by atomic mass is 16.3. The Morgan fingerprint density at radius 2 is 2.00 bits per heavy atom. The SMILES string of the molecule is O=NCCC12CCC3CCC3C1CC2. The molecule has 0 N–H and O–H groups in total. The van der Waals surface area contributed by atoms with Crippen LogP contribution in [0.1, 0.15) is 44.9 Å². The zero-order chi connectivity index (χ0) is 9.60. The zero-order valence-electron chi connectivity index (χ0n) is 8.74. The molecule has 3 aliphatic carbocycles. The Morgan fingerprint density at radius 1 is 1.14 bits per heavy atom. The van der Waals surface area contributed by atoms with Gasteiger partial charge in [-0.15, -0.1) is 0 Å². The molecule has 3 aliphatic rings. The van der Waals surface area contributed by atoms with Gasteiger partial charge in [-0.2, -0.15) is 4.91 Å². The Kier molecular flexibility index (Phi) is 1.93. The van der Waals surface area contributed by atoms with Gasteiger partial charge in [-0.1, -0.05) is 5.18 Å². The van der Waals surface area contributed by atoms with E-state index in [0.717, 1.165) is 24.2 Å². The first-order chi connectivity index (χ1) is 6.86. The summed E-state index contributed by atoms with van der Waals surface area (Å²) in [7, 11) is 0. The molecule has 4 atom stereocenters. The van der Waals surface area contributed by atoms with Crippen molar-refractivity contribution >= 4 is 0 Å². The molecular formula is C12H19NO. The maximum Gasteiger partial charge on any atom is 0.0816 e. The fourth-order valence-electron chi connectivity index (χ4n) is 4.36. The standard InChI is InChI=1S/C12H19NO/c14-13-8-7-12-5-3-9-1-2-10(9)11(12)4-6-12/h9-11H,1-8H2. The molecule has 0 saturated heterocycles. The summed E-state index contributed by atoms with van der Waals surface area (Å²) in [6.45, 7) is 0.563. The molecule has 4 unspecified atom stereocenters. The molecule has 0 bridgehead atoms. The molecule has 14 heavy (non-hydrogen) atoms. The van der Waals surface area contributed by atoms with Crippen LogP contribution in [0.25, 0.3) is 0 Å². The molecule has 0 aromatic heterocycles. The van der Waals surface area contributed by atoms with Gasteiger partial charge in [-0.3, -0.25) is 0 Å². The molecule has 0 aromatic carbocycles. The number of rotatable bonds is 3. The molecule has 78 valence electrons. The van der Waals surface area contributed by atoms with Crippen molar-refractivity contribution in [3.63, 3.8) is 0 Å². The second-order valence-electron chi connectivity index (χ2n) is 5.65. The van der Waals surface area contributed by atoms with E-state index in [1.54, 1.807) is 0 Å². The number of hydrogen-bond acceptors (Lipinski definition) is 2. The molecule has 3 saturated carbocycles. The van der Waals surface area contributed by atoms with Crippen molar-refractivity contribution in [2.45, 2.75) is 44.9 Å². The fourth-order valence-corrected chi connectivity index (χ4v) is 4.36. The lowest BCUT2D eigenvalue weighted by Gasteiger charge is -2.62. The van der Waals surface area contributed by atoms with Crippen LogP contribution >= 0.6 is 0 Å². The summed E-state index contributed by atoms with van der Waals surface area (Å²) in [5, 5.41) is 3.06. The fraction of sp³-hybridized carbons (Fsp3) is 1.00. The highest BCUT2D eigenvalue weighted by Crippen LogP contribution is 2.65. The van der Waals surface area contributed by atoms with Crippen LogP contribution in [-0.2, 0) is 0 Å². The predicted molar refractivity (Wildman–Crippen MR) is 55.9 cm³/mol. The average molecular weight is 193 g/mol. The van der Waals surface area contributed by atoms with E-state index in [9.17, 15) is 4.91 Å². The monoisotopic (exact) mass is 193 g/mol. The molecule has 0 spiro atoms. The summed E-state index contributed by atoms with van der Waals surface area (Å²) in [4.78, 5) is 10.2. The largest absolute Gasteiger partial charge is 0.151 e. The number of hydrogen-bond donors (Lipinski definition) is 0. The van der Waals surface area contributed by atoms with Gasteiger partial charge in [0.1, 0.15) is 0 Å². The van der Waals surface area contributed by atoms with Crippen LogP contribution in [0.4, 0.5) is 0 Å². The van der Waals surface area contributed by atoms with E-state index >= 15 is 0 Å². The van der Waals surface area contributed by atoms with Gasteiger partial charge in [-0.25, -0.2) is 0 Å². The normalized spacial score (nSPS) is 49.6. The highest BCUT2D eigenvalue weighted by molar-refractivity contribution is 5.06. The molecule has 0 amide bonds. The van der Waals surface area contributed by atoms with Gasteiger partial charge in [0.15, 0.2) is 0 Å². The number of nitrogens with zero attached hydrogens (tertiary/aromatic N) is 1. The average Bonchev–Trinajstić information content (AvgIpc) is 2.14. The molecule has 2 heteroatoms. The third kappa shape index (κ3) is 1.03. The number of nitroso groups, excluding NO2 is 1. The summed E-state index contributed by atoms with van der Waals surface area (Å²) in [6, 6.07) is 0. The zero-order valence-corrected chi connectivity index (χ0v) is 8.74. The van der Waals surface area contributed by atoms with Crippen molar-refractivity contribution in [2.24, 2.45) is 28.3 Å². The molecule has 2 nitrogen and oxygen atoms in total. The Labute approximate surface area is 85.4 Å². The van der Waals surface area contributed by atoms with E-state index < -0.39 is 0 Å². The van der Waals surface area contributed by atoms with Crippen LogP contribution in [0.5, 0.6) is 0 Å². The number of fused-ring (bicyclic) bond motifs is 3. The van der Waals surface area contributed by atoms with Gasteiger partial charge in [0.25, 0.3) is 0 Å². The lowest BCUT2D eigenvalue weighted by Crippen LogP contribution is -2.53. The van der Waals surface area contributed by atoms with Crippen LogP contribution in [0.15, 0.2) is 5.18 Å². The van der Waals surface area contributed by atoms with E-state index in [4.69, 9.17) is 0 Å². The van der Waals surface area contributed by atoms with Crippen LogP contribution in [0, 0.1) is 28.1 Å². The molecule has 3 rings (SSSR count). The van der Waals surface area contributed by atoms with Crippen molar-refractivity contribution in [3.8, 4) is 0 Å². The Morgan fingerprint density at radius 3 is 2.57 bits per heavy atom. The first-order valence-corrected chi connectivity index (χ1v) is 6.15. The second kappa shape index (κ2) is 3.04. The minimum absolute atomic E-state index is 0.563. The van der Waals surface area contributed by atoms with Crippen molar-refractivity contribution in [1.82, 2.24) is 0 Å². The van der Waals surface area contributed by atoms with Crippen LogP contribution in [-0.4, -0.2) is 6.54 Å². The third-order valence-corrected chi connectivity index (χ3v) is 5.45. The first-order valence-electron chi connectivity index (χ1n) is 6.15. The highest BCUT2D eigenvalue weighted by Gasteiger charge is 2.56. The van der Waals surface area contributed by atoms with Crippen molar-refractivity contribution in [1.29, 1.82) is 0 Å². The van der Waals surface area contributed by atoms with Crippen LogP contribution in [0.3, 0.4) is 0 Å². The summed E-state index contributed by atoms with van der Waals surface area (Å²) in [6.07, 6.45) is 9.73. The molecule has 0 aromatic rings.